The van der Waals surface area contributed by atoms with Crippen molar-refractivity contribution in [2.24, 2.45) is 5.92 Å². The molecule has 36 heavy (non-hydrogen) atoms. The van der Waals surface area contributed by atoms with Crippen molar-refractivity contribution in [3.8, 4) is 5.75 Å². The van der Waals surface area contributed by atoms with Crippen LogP contribution in [-0.2, 0) is 6.54 Å². The molecule has 0 radical (unpaired) electrons. The van der Waals surface area contributed by atoms with Crippen molar-refractivity contribution in [1.82, 2.24) is 19.7 Å². The average Bonchev–Trinajstić information content (AvgIpc) is 3.17. The van der Waals surface area contributed by atoms with Gasteiger partial charge in [-0.15, -0.1) is 0 Å². The van der Waals surface area contributed by atoms with E-state index < -0.39 is 0 Å². The number of anilines is 2. The minimum absolute atomic E-state index is 0.317. The smallest absolute Gasteiger partial charge is 0.258 e. The van der Waals surface area contributed by atoms with Crippen LogP contribution in [0.5, 0.6) is 5.75 Å². The van der Waals surface area contributed by atoms with E-state index in [0.717, 1.165) is 43.2 Å². The van der Waals surface area contributed by atoms with E-state index in [0.29, 0.717) is 46.3 Å². The van der Waals surface area contributed by atoms with Gasteiger partial charge in [0.15, 0.2) is 5.82 Å². The van der Waals surface area contributed by atoms with E-state index in [9.17, 15) is 4.79 Å². The summed E-state index contributed by atoms with van der Waals surface area (Å²) in [6, 6.07) is 9.06. The monoisotopic (exact) mass is 530 g/mol. The number of nitrogens with zero attached hydrogens (tertiary/aromatic N) is 5. The molecule has 3 heterocycles. The zero-order valence-electron chi connectivity index (χ0n) is 21.1. The Balaban J connectivity index is 1.45. The third-order valence-corrected chi connectivity index (χ3v) is 6.54. The number of carbonyl (C=O) groups is 1. The van der Waals surface area contributed by atoms with Crippen LogP contribution < -0.4 is 15.0 Å². The molecule has 4 rings (SSSR count). The normalized spacial score (nSPS) is 14.4. The van der Waals surface area contributed by atoms with Crippen molar-refractivity contribution in [2.75, 3.05) is 50.1 Å². The number of benzene rings is 1. The fraction of sp³-hybridized carbons (Fsp3) is 0.423. The van der Waals surface area contributed by atoms with Crippen LogP contribution in [0.25, 0.3) is 0 Å². The first kappa shape index (κ1) is 26.3. The first-order chi connectivity index (χ1) is 17.2. The molecule has 0 atom stereocenters. The number of aryl methyl sites for hydroxylation is 1. The minimum Gasteiger partial charge on any atom is -0.493 e. The van der Waals surface area contributed by atoms with E-state index in [2.05, 4.69) is 46.1 Å². The molecule has 1 amide bonds. The number of pyridine rings is 1. The fourth-order valence-electron chi connectivity index (χ4n) is 3.96. The number of rotatable bonds is 8. The van der Waals surface area contributed by atoms with Crippen molar-refractivity contribution in [3.05, 3.63) is 63.4 Å². The Morgan fingerprint density at radius 2 is 1.89 bits per heavy atom. The molecule has 0 unspecified atom stereocenters. The van der Waals surface area contributed by atoms with Gasteiger partial charge in [0.25, 0.3) is 5.91 Å². The Bertz CT molecular complexity index is 1220. The molecule has 1 N–H and O–H groups in total. The standard InChI is InChI=1S/C26H32Cl2N6O2/c1-17(2)16-36-23-6-5-21(27)12-20(23)15-34-18(3)11-24(31-34)30-26(35)19-13-22(28)25(29-14-19)33-9-7-32(4)8-10-33/h5-6,11-14,17H,7-10,15-16H2,1-4H3,(H,30,31,35). The Morgan fingerprint density at radius 1 is 1.14 bits per heavy atom. The summed E-state index contributed by atoms with van der Waals surface area (Å²) in [5.74, 6) is 2.01. The predicted molar refractivity (Wildman–Crippen MR) is 145 cm³/mol. The van der Waals surface area contributed by atoms with Crippen molar-refractivity contribution in [1.29, 1.82) is 0 Å². The first-order valence-electron chi connectivity index (χ1n) is 12.1. The molecule has 1 aromatic carbocycles. The lowest BCUT2D eigenvalue weighted by Crippen LogP contribution is -2.45. The topological polar surface area (TPSA) is 75.5 Å². The second-order valence-corrected chi connectivity index (χ2v) is 10.4. The minimum atomic E-state index is -0.317. The van der Waals surface area contributed by atoms with E-state index in [1.807, 2.05) is 35.9 Å². The maximum atomic E-state index is 12.9. The van der Waals surface area contributed by atoms with Crippen LogP contribution in [0, 0.1) is 12.8 Å². The van der Waals surface area contributed by atoms with Gasteiger partial charge in [0.2, 0.25) is 0 Å². The number of piperazine rings is 1. The molecule has 1 fully saturated rings. The SMILES string of the molecule is Cc1cc(NC(=O)c2cnc(N3CCN(C)CC3)c(Cl)c2)nn1Cc1cc(Cl)ccc1OCC(C)C. The van der Waals surface area contributed by atoms with Crippen molar-refractivity contribution < 1.29 is 9.53 Å². The third-order valence-electron chi connectivity index (χ3n) is 6.02. The third kappa shape index (κ3) is 6.49. The van der Waals surface area contributed by atoms with Crippen LogP contribution in [0.2, 0.25) is 10.0 Å². The van der Waals surface area contributed by atoms with Gasteiger partial charge >= 0.3 is 0 Å². The Labute approximate surface area is 222 Å². The molecule has 0 aliphatic carbocycles. The fourth-order valence-corrected chi connectivity index (χ4v) is 4.44. The molecule has 1 aliphatic heterocycles. The number of aromatic nitrogens is 3. The van der Waals surface area contributed by atoms with E-state index in [4.69, 9.17) is 27.9 Å². The van der Waals surface area contributed by atoms with Crippen LogP contribution in [0.3, 0.4) is 0 Å². The lowest BCUT2D eigenvalue weighted by Gasteiger charge is -2.33. The molecule has 10 heteroatoms. The van der Waals surface area contributed by atoms with Crippen LogP contribution in [0.1, 0.15) is 35.5 Å². The highest BCUT2D eigenvalue weighted by Crippen LogP contribution is 2.27. The van der Waals surface area contributed by atoms with Crippen LogP contribution >= 0.6 is 23.2 Å². The Hall–Kier alpha value is -2.81. The molecular formula is C26H32Cl2N6O2. The zero-order chi connectivity index (χ0) is 25.8. The maximum absolute atomic E-state index is 12.9. The molecule has 192 valence electrons. The summed E-state index contributed by atoms with van der Waals surface area (Å²) in [5.41, 5.74) is 2.19. The van der Waals surface area contributed by atoms with Gasteiger partial charge in [-0.25, -0.2) is 4.98 Å². The van der Waals surface area contributed by atoms with Crippen LogP contribution in [0.4, 0.5) is 11.6 Å². The molecule has 0 spiro atoms. The number of hydrogen-bond donors (Lipinski definition) is 1. The van der Waals surface area contributed by atoms with Gasteiger partial charge in [-0.1, -0.05) is 37.0 Å². The van der Waals surface area contributed by atoms with E-state index >= 15 is 0 Å². The summed E-state index contributed by atoms with van der Waals surface area (Å²) >= 11 is 12.7. The lowest BCUT2D eigenvalue weighted by atomic mass is 10.2. The van der Waals surface area contributed by atoms with Gasteiger partial charge < -0.3 is 19.9 Å². The lowest BCUT2D eigenvalue weighted by molar-refractivity contribution is 0.102. The van der Waals surface area contributed by atoms with Gasteiger partial charge in [0, 0.05) is 54.7 Å². The summed E-state index contributed by atoms with van der Waals surface area (Å²) in [7, 11) is 2.09. The van der Waals surface area contributed by atoms with Gasteiger partial charge in [-0.05, 0) is 44.2 Å². The number of halogens is 2. The molecular weight excluding hydrogens is 499 g/mol. The van der Waals surface area contributed by atoms with Crippen molar-refractivity contribution in [2.45, 2.75) is 27.3 Å². The Kier molecular flexibility index (Phi) is 8.39. The molecule has 8 nitrogen and oxygen atoms in total. The molecule has 1 aliphatic rings. The molecule has 0 bridgehead atoms. The highest BCUT2D eigenvalue weighted by atomic mass is 35.5. The average molecular weight is 531 g/mol. The van der Waals surface area contributed by atoms with Gasteiger partial charge in [0.05, 0.1) is 23.7 Å². The van der Waals surface area contributed by atoms with Crippen LogP contribution in [0.15, 0.2) is 36.5 Å². The first-order valence-corrected chi connectivity index (χ1v) is 12.8. The van der Waals surface area contributed by atoms with Crippen molar-refractivity contribution >= 4 is 40.7 Å². The van der Waals surface area contributed by atoms with Gasteiger partial charge in [-0.3, -0.25) is 9.48 Å². The van der Waals surface area contributed by atoms with E-state index in [1.165, 1.54) is 0 Å². The molecule has 2 aromatic heterocycles. The highest BCUT2D eigenvalue weighted by Gasteiger charge is 2.20. The summed E-state index contributed by atoms with van der Waals surface area (Å²) < 4.78 is 7.78. The summed E-state index contributed by atoms with van der Waals surface area (Å²) in [5, 5.41) is 8.52. The molecule has 3 aromatic rings. The summed E-state index contributed by atoms with van der Waals surface area (Å²) in [6.07, 6.45) is 1.56. The Morgan fingerprint density at radius 3 is 2.58 bits per heavy atom. The van der Waals surface area contributed by atoms with Gasteiger partial charge in [-0.2, -0.15) is 5.10 Å². The van der Waals surface area contributed by atoms with Crippen LogP contribution in [-0.4, -0.2) is 65.4 Å². The van der Waals surface area contributed by atoms with E-state index in [-0.39, 0.29) is 5.91 Å². The van der Waals surface area contributed by atoms with Crippen molar-refractivity contribution in [3.63, 3.8) is 0 Å². The quantitative estimate of drug-likeness (QED) is 0.442. The number of carbonyl (C=O) groups excluding carboxylic acids is 1. The predicted octanol–water partition coefficient (Wildman–Crippen LogP) is 4.98. The van der Waals surface area contributed by atoms with Gasteiger partial charge in [0.1, 0.15) is 11.6 Å². The number of ether oxygens (including phenoxy) is 1. The molecule has 1 saturated heterocycles. The molecule has 0 saturated carbocycles. The number of amides is 1. The highest BCUT2D eigenvalue weighted by molar-refractivity contribution is 6.33. The summed E-state index contributed by atoms with van der Waals surface area (Å²) in [6.45, 7) is 10.8. The zero-order valence-corrected chi connectivity index (χ0v) is 22.6. The number of hydrogen-bond acceptors (Lipinski definition) is 6. The number of likely N-dealkylation sites (N-methyl/N-ethyl adjacent to an activating group) is 1. The van der Waals surface area contributed by atoms with E-state index in [1.54, 1.807) is 12.3 Å². The second-order valence-electron chi connectivity index (χ2n) is 9.56. The number of nitrogens with one attached hydrogen (secondary N) is 1. The summed E-state index contributed by atoms with van der Waals surface area (Å²) in [4.78, 5) is 21.8. The largest absolute Gasteiger partial charge is 0.493 e. The second kappa shape index (κ2) is 11.5. The maximum Gasteiger partial charge on any atom is 0.258 e.